The summed E-state index contributed by atoms with van der Waals surface area (Å²) in [6.07, 6.45) is 0. The zero-order valence-electron chi connectivity index (χ0n) is 12.1. The molecule has 2 aromatic rings. The van der Waals surface area contributed by atoms with Crippen LogP contribution in [0.4, 0.5) is 17.2 Å². The minimum Gasteiger partial charge on any atom is -0.340 e. The Labute approximate surface area is 128 Å². The molecule has 0 bridgehead atoms. The predicted octanol–water partition coefficient (Wildman–Crippen LogP) is 4.68. The molecule has 0 unspecified atom stereocenters. The van der Waals surface area contributed by atoms with Crippen LogP contribution >= 0.6 is 11.6 Å². The first-order valence-corrected chi connectivity index (χ1v) is 6.83. The minimum atomic E-state index is -0.492. The lowest BCUT2D eigenvalue weighted by atomic mass is 9.86. The van der Waals surface area contributed by atoms with E-state index >= 15 is 0 Å². The second kappa shape index (κ2) is 5.69. The van der Waals surface area contributed by atoms with Crippen molar-refractivity contribution in [2.24, 2.45) is 0 Å². The lowest BCUT2D eigenvalue weighted by Crippen LogP contribution is -2.13. The summed E-state index contributed by atoms with van der Waals surface area (Å²) in [4.78, 5) is 14.5. The molecule has 0 aliphatic carbocycles. The summed E-state index contributed by atoms with van der Waals surface area (Å²) in [5.41, 5.74) is 1.79. The first-order chi connectivity index (χ1) is 9.77. The normalized spacial score (nSPS) is 11.2. The van der Waals surface area contributed by atoms with Gasteiger partial charge in [-0.25, -0.2) is 4.98 Å². The Hall–Kier alpha value is -2.14. The number of benzene rings is 1. The summed E-state index contributed by atoms with van der Waals surface area (Å²) in [7, 11) is 0. The number of nitrogens with zero attached hydrogens (tertiary/aromatic N) is 2. The number of rotatable bonds is 3. The van der Waals surface area contributed by atoms with E-state index in [4.69, 9.17) is 11.6 Å². The first kappa shape index (κ1) is 15.3. The molecule has 110 valence electrons. The average Bonchev–Trinajstić information content (AvgIpc) is 2.37. The van der Waals surface area contributed by atoms with Crippen molar-refractivity contribution in [3.8, 4) is 0 Å². The summed E-state index contributed by atoms with van der Waals surface area (Å²) in [5.74, 6) is 0.353. The number of halogens is 1. The van der Waals surface area contributed by atoms with Crippen molar-refractivity contribution in [1.82, 2.24) is 4.98 Å². The quantitative estimate of drug-likeness (QED) is 0.507. The van der Waals surface area contributed by atoms with Crippen LogP contribution < -0.4 is 5.32 Å². The van der Waals surface area contributed by atoms with Gasteiger partial charge in [0.1, 0.15) is 11.0 Å². The highest BCUT2D eigenvalue weighted by Crippen LogP contribution is 2.32. The van der Waals surface area contributed by atoms with Crippen LogP contribution in [0.5, 0.6) is 0 Å². The van der Waals surface area contributed by atoms with E-state index in [1.54, 1.807) is 0 Å². The van der Waals surface area contributed by atoms with Gasteiger partial charge in [-0.3, -0.25) is 10.1 Å². The molecule has 1 heterocycles. The summed E-state index contributed by atoms with van der Waals surface area (Å²) in [6.45, 7) is 6.30. The average molecular weight is 306 g/mol. The molecule has 0 saturated carbocycles. The Balaban J connectivity index is 2.42. The number of anilines is 2. The maximum absolute atomic E-state index is 10.9. The topological polar surface area (TPSA) is 68.1 Å². The fraction of sp³-hybridized carbons (Fsp3) is 0.267. The Kier molecular flexibility index (Phi) is 4.14. The summed E-state index contributed by atoms with van der Waals surface area (Å²) >= 11 is 5.83. The van der Waals surface area contributed by atoms with Gasteiger partial charge in [0.25, 0.3) is 5.69 Å². The molecule has 0 amide bonds. The number of hydrogen-bond acceptors (Lipinski definition) is 4. The highest BCUT2D eigenvalue weighted by atomic mass is 35.5. The third kappa shape index (κ3) is 3.70. The lowest BCUT2D eigenvalue weighted by molar-refractivity contribution is -0.384. The zero-order valence-corrected chi connectivity index (χ0v) is 12.8. The van der Waals surface area contributed by atoms with E-state index in [2.05, 4.69) is 31.1 Å². The van der Waals surface area contributed by atoms with Crippen LogP contribution in [0.1, 0.15) is 26.3 Å². The van der Waals surface area contributed by atoms with Crippen molar-refractivity contribution in [2.45, 2.75) is 26.2 Å². The number of hydrogen-bond donors (Lipinski definition) is 1. The third-order valence-corrected chi connectivity index (χ3v) is 3.18. The lowest BCUT2D eigenvalue weighted by Gasteiger charge is -2.23. The van der Waals surface area contributed by atoms with Crippen molar-refractivity contribution in [2.75, 3.05) is 5.32 Å². The molecule has 0 aliphatic rings. The van der Waals surface area contributed by atoms with Crippen LogP contribution in [0.25, 0.3) is 0 Å². The maximum atomic E-state index is 10.9. The van der Waals surface area contributed by atoms with E-state index in [1.807, 2.05) is 24.3 Å². The molecule has 6 heteroatoms. The minimum absolute atomic E-state index is 0.0614. The zero-order chi connectivity index (χ0) is 15.6. The summed E-state index contributed by atoms with van der Waals surface area (Å²) < 4.78 is 0. The molecule has 1 aromatic heterocycles. The number of pyridine rings is 1. The van der Waals surface area contributed by atoms with Crippen LogP contribution in [0.3, 0.4) is 0 Å². The molecular formula is C15H16ClN3O2. The Bertz CT molecular complexity index is 681. The monoisotopic (exact) mass is 305 g/mol. The van der Waals surface area contributed by atoms with E-state index in [1.165, 1.54) is 12.1 Å². The Morgan fingerprint density at radius 3 is 2.52 bits per heavy atom. The number of nitrogens with one attached hydrogen (secondary N) is 1. The molecule has 0 radical (unpaired) electrons. The van der Waals surface area contributed by atoms with Crippen molar-refractivity contribution in [3.05, 3.63) is 57.2 Å². The summed E-state index contributed by atoms with van der Waals surface area (Å²) in [6, 6.07) is 10.4. The van der Waals surface area contributed by atoms with Gasteiger partial charge in [0.05, 0.1) is 17.1 Å². The highest BCUT2D eigenvalue weighted by molar-refractivity contribution is 6.29. The van der Waals surface area contributed by atoms with Crippen LogP contribution in [-0.4, -0.2) is 9.91 Å². The molecule has 0 fully saturated rings. The van der Waals surface area contributed by atoms with Gasteiger partial charge in [-0.05, 0) is 17.0 Å². The van der Waals surface area contributed by atoms with E-state index in [0.717, 1.165) is 11.3 Å². The van der Waals surface area contributed by atoms with Gasteiger partial charge in [0.15, 0.2) is 0 Å². The number of para-hydroxylation sites is 1. The molecule has 1 aromatic carbocycles. The molecule has 0 aliphatic heterocycles. The molecular weight excluding hydrogens is 290 g/mol. The van der Waals surface area contributed by atoms with Crippen LogP contribution in [-0.2, 0) is 5.41 Å². The van der Waals surface area contributed by atoms with Gasteiger partial charge in [-0.1, -0.05) is 50.6 Å². The third-order valence-electron chi connectivity index (χ3n) is 2.99. The molecule has 21 heavy (non-hydrogen) atoms. The van der Waals surface area contributed by atoms with Gasteiger partial charge in [0.2, 0.25) is 0 Å². The van der Waals surface area contributed by atoms with Crippen molar-refractivity contribution in [1.29, 1.82) is 0 Å². The molecule has 0 spiro atoms. The van der Waals surface area contributed by atoms with Gasteiger partial charge in [-0.15, -0.1) is 0 Å². The van der Waals surface area contributed by atoms with E-state index in [0.29, 0.717) is 5.82 Å². The van der Waals surface area contributed by atoms with Gasteiger partial charge in [0, 0.05) is 5.69 Å². The smallest absolute Gasteiger partial charge is 0.276 e. The van der Waals surface area contributed by atoms with Gasteiger partial charge < -0.3 is 5.32 Å². The van der Waals surface area contributed by atoms with Crippen LogP contribution in [0.15, 0.2) is 36.4 Å². The highest BCUT2D eigenvalue weighted by Gasteiger charge is 2.18. The standard InChI is InChI=1S/C15H16ClN3O2/c1-15(2,3)11-6-4-5-7-12(11)17-14-9-10(19(20)21)8-13(16)18-14/h4-9H,1-3H3,(H,17,18). The van der Waals surface area contributed by atoms with Gasteiger partial charge in [-0.2, -0.15) is 0 Å². The van der Waals surface area contributed by atoms with Crippen molar-refractivity contribution < 1.29 is 4.92 Å². The fourth-order valence-corrected chi connectivity index (χ4v) is 2.24. The molecule has 2 rings (SSSR count). The second-order valence-corrected chi connectivity index (χ2v) is 6.10. The van der Waals surface area contributed by atoms with Crippen molar-refractivity contribution in [3.63, 3.8) is 0 Å². The second-order valence-electron chi connectivity index (χ2n) is 5.71. The van der Waals surface area contributed by atoms with E-state index in [9.17, 15) is 10.1 Å². The largest absolute Gasteiger partial charge is 0.340 e. The predicted molar refractivity (Wildman–Crippen MR) is 84.3 cm³/mol. The van der Waals surface area contributed by atoms with E-state index in [-0.39, 0.29) is 16.3 Å². The molecule has 5 nitrogen and oxygen atoms in total. The molecule has 1 N–H and O–H groups in total. The number of aromatic nitrogens is 1. The first-order valence-electron chi connectivity index (χ1n) is 6.46. The van der Waals surface area contributed by atoms with Crippen LogP contribution in [0.2, 0.25) is 5.15 Å². The maximum Gasteiger partial charge on any atom is 0.276 e. The number of nitro groups is 1. The van der Waals surface area contributed by atoms with E-state index < -0.39 is 4.92 Å². The fourth-order valence-electron chi connectivity index (χ4n) is 2.04. The Morgan fingerprint density at radius 1 is 1.24 bits per heavy atom. The van der Waals surface area contributed by atoms with Crippen molar-refractivity contribution >= 4 is 28.8 Å². The van der Waals surface area contributed by atoms with Crippen LogP contribution in [0, 0.1) is 10.1 Å². The van der Waals surface area contributed by atoms with Gasteiger partial charge >= 0.3 is 0 Å². The molecule has 0 saturated heterocycles. The summed E-state index contributed by atoms with van der Waals surface area (Å²) in [5, 5.41) is 14.1. The Morgan fingerprint density at radius 2 is 1.90 bits per heavy atom. The molecule has 0 atom stereocenters. The SMILES string of the molecule is CC(C)(C)c1ccccc1Nc1cc([N+](=O)[O-])cc(Cl)n1.